The number of hydrogen-bond acceptors (Lipinski definition) is 4. The van der Waals surface area contributed by atoms with Crippen molar-refractivity contribution < 1.29 is 4.79 Å². The van der Waals surface area contributed by atoms with Crippen molar-refractivity contribution in [2.45, 2.75) is 31.7 Å². The van der Waals surface area contributed by atoms with Crippen LogP contribution in [-0.2, 0) is 11.3 Å². The molecule has 0 saturated carbocycles. The summed E-state index contributed by atoms with van der Waals surface area (Å²) in [4.78, 5) is 25.2. The maximum atomic E-state index is 12.1. The van der Waals surface area contributed by atoms with Gasteiger partial charge in [0.15, 0.2) is 0 Å². The fourth-order valence-corrected chi connectivity index (χ4v) is 4.41. The zero-order valence-corrected chi connectivity index (χ0v) is 15.9. The van der Waals surface area contributed by atoms with Gasteiger partial charge in [-0.05, 0) is 44.2 Å². The van der Waals surface area contributed by atoms with Gasteiger partial charge in [0.25, 0.3) is 0 Å². The molecule has 3 aromatic rings. The molecule has 1 N–H and O–H groups in total. The van der Waals surface area contributed by atoms with Crippen molar-refractivity contribution in [2.75, 3.05) is 11.1 Å². The van der Waals surface area contributed by atoms with E-state index in [1.54, 1.807) is 16.3 Å². The van der Waals surface area contributed by atoms with E-state index in [2.05, 4.69) is 36.5 Å². The number of amides is 1. The summed E-state index contributed by atoms with van der Waals surface area (Å²) < 4.78 is 2.64. The molecule has 0 radical (unpaired) electrons. The highest BCUT2D eigenvalue weighted by atomic mass is 32.2. The van der Waals surface area contributed by atoms with Crippen LogP contribution in [0, 0.1) is 6.92 Å². The Labute approximate surface area is 154 Å². The monoisotopic (exact) mass is 372 g/mol. The first-order valence-corrected chi connectivity index (χ1v) is 9.99. The molecule has 130 valence electrons. The first kappa shape index (κ1) is 17.8. The smallest absolute Gasteiger partial charge is 0.308 e. The van der Waals surface area contributed by atoms with Crippen LogP contribution >= 0.6 is 23.1 Å². The normalized spacial score (nSPS) is 11.0. The second kappa shape index (κ2) is 7.89. The van der Waals surface area contributed by atoms with Gasteiger partial charge in [0, 0.05) is 29.3 Å². The molecule has 0 aliphatic rings. The second-order valence-corrected chi connectivity index (χ2v) is 7.92. The third-order valence-electron chi connectivity index (χ3n) is 3.89. The van der Waals surface area contributed by atoms with Crippen molar-refractivity contribution in [3.05, 3.63) is 57.7 Å². The number of nitrogens with zero attached hydrogens (tertiary/aromatic N) is 1. The Morgan fingerprint density at radius 2 is 1.96 bits per heavy atom. The first-order valence-electron chi connectivity index (χ1n) is 8.19. The van der Waals surface area contributed by atoms with E-state index in [9.17, 15) is 9.59 Å². The number of benzene rings is 2. The van der Waals surface area contributed by atoms with E-state index in [1.165, 1.54) is 21.8 Å². The number of thioether (sulfide) groups is 1. The van der Waals surface area contributed by atoms with Crippen LogP contribution in [0.1, 0.15) is 18.9 Å². The van der Waals surface area contributed by atoms with E-state index in [1.807, 2.05) is 25.1 Å². The van der Waals surface area contributed by atoms with E-state index in [-0.39, 0.29) is 10.8 Å². The number of carbonyl (C=O) groups excluding carboxylic acids is 1. The van der Waals surface area contributed by atoms with Crippen molar-refractivity contribution in [3.8, 4) is 0 Å². The summed E-state index contributed by atoms with van der Waals surface area (Å²) in [6, 6.07) is 13.9. The van der Waals surface area contributed by atoms with Gasteiger partial charge in [-0.3, -0.25) is 14.2 Å². The van der Waals surface area contributed by atoms with E-state index in [0.717, 1.165) is 21.7 Å². The second-order valence-electron chi connectivity index (χ2n) is 5.75. The van der Waals surface area contributed by atoms with Gasteiger partial charge in [-0.1, -0.05) is 29.0 Å². The third kappa shape index (κ3) is 4.32. The van der Waals surface area contributed by atoms with Crippen molar-refractivity contribution in [1.82, 2.24) is 4.57 Å². The molecule has 2 aromatic carbocycles. The van der Waals surface area contributed by atoms with Gasteiger partial charge in [-0.25, -0.2) is 0 Å². The van der Waals surface area contributed by atoms with Crippen LogP contribution in [0.5, 0.6) is 0 Å². The van der Waals surface area contributed by atoms with Crippen LogP contribution in [0.4, 0.5) is 5.69 Å². The number of thiazole rings is 1. The van der Waals surface area contributed by atoms with Gasteiger partial charge in [-0.2, -0.15) is 0 Å². The van der Waals surface area contributed by atoms with Gasteiger partial charge >= 0.3 is 4.87 Å². The molecule has 0 aliphatic carbocycles. The SMILES string of the molecule is CCn1c(=O)sc2cc(NC(=O)CCSc3ccc(C)cc3)ccc21. The molecule has 1 heterocycles. The molecule has 25 heavy (non-hydrogen) atoms. The van der Waals surface area contributed by atoms with Crippen molar-refractivity contribution in [3.63, 3.8) is 0 Å². The minimum atomic E-state index is -0.0127. The van der Waals surface area contributed by atoms with Crippen LogP contribution in [0.25, 0.3) is 10.2 Å². The third-order valence-corrected chi connectivity index (χ3v) is 5.84. The molecule has 1 amide bonds. The summed E-state index contributed by atoms with van der Waals surface area (Å²) in [6.45, 7) is 4.67. The summed E-state index contributed by atoms with van der Waals surface area (Å²) in [6.07, 6.45) is 0.447. The molecule has 0 unspecified atom stereocenters. The van der Waals surface area contributed by atoms with E-state index < -0.39 is 0 Å². The van der Waals surface area contributed by atoms with Crippen LogP contribution in [0.2, 0.25) is 0 Å². The Hall–Kier alpha value is -2.05. The lowest BCUT2D eigenvalue weighted by Gasteiger charge is -2.06. The molecule has 0 fully saturated rings. The molecular weight excluding hydrogens is 352 g/mol. The Morgan fingerprint density at radius 1 is 1.20 bits per heavy atom. The topological polar surface area (TPSA) is 51.1 Å². The molecule has 0 atom stereocenters. The summed E-state index contributed by atoms with van der Waals surface area (Å²) in [5, 5.41) is 2.92. The van der Waals surface area contributed by atoms with E-state index in [0.29, 0.717) is 13.0 Å². The number of hydrogen-bond donors (Lipinski definition) is 1. The minimum Gasteiger partial charge on any atom is -0.326 e. The number of fused-ring (bicyclic) bond motifs is 1. The fourth-order valence-electron chi connectivity index (χ4n) is 2.56. The lowest BCUT2D eigenvalue weighted by molar-refractivity contribution is -0.115. The Kier molecular flexibility index (Phi) is 5.60. The highest BCUT2D eigenvalue weighted by Gasteiger charge is 2.08. The Bertz CT molecular complexity index is 942. The molecule has 6 heteroatoms. The molecular formula is C19H20N2O2S2. The number of carbonyl (C=O) groups is 1. The van der Waals surface area contributed by atoms with Gasteiger partial charge in [0.05, 0.1) is 10.2 Å². The molecule has 0 bridgehead atoms. The van der Waals surface area contributed by atoms with E-state index >= 15 is 0 Å². The largest absolute Gasteiger partial charge is 0.326 e. The maximum absolute atomic E-state index is 12.1. The molecule has 0 saturated heterocycles. The molecule has 3 rings (SSSR count). The van der Waals surface area contributed by atoms with Crippen molar-refractivity contribution >= 4 is 44.9 Å². The zero-order valence-electron chi connectivity index (χ0n) is 14.2. The Morgan fingerprint density at radius 3 is 2.68 bits per heavy atom. The van der Waals surface area contributed by atoms with Crippen molar-refractivity contribution in [1.29, 1.82) is 0 Å². The number of rotatable bonds is 6. The zero-order chi connectivity index (χ0) is 17.8. The maximum Gasteiger partial charge on any atom is 0.308 e. The van der Waals surface area contributed by atoms with Gasteiger partial charge in [-0.15, -0.1) is 11.8 Å². The van der Waals surface area contributed by atoms with Crippen LogP contribution in [0.3, 0.4) is 0 Å². The number of nitrogens with one attached hydrogen (secondary N) is 1. The van der Waals surface area contributed by atoms with Gasteiger partial charge in [0.1, 0.15) is 0 Å². The summed E-state index contributed by atoms with van der Waals surface area (Å²) in [5.74, 6) is 0.720. The quantitative estimate of drug-likeness (QED) is 0.648. The van der Waals surface area contributed by atoms with Gasteiger partial charge < -0.3 is 5.32 Å². The Balaban J connectivity index is 1.58. The lowest BCUT2D eigenvalue weighted by Crippen LogP contribution is -2.12. The minimum absolute atomic E-state index is 0.0127. The van der Waals surface area contributed by atoms with Gasteiger partial charge in [0.2, 0.25) is 5.91 Å². The summed E-state index contributed by atoms with van der Waals surface area (Å²) in [5.41, 5.74) is 2.89. The number of aromatic nitrogens is 1. The van der Waals surface area contributed by atoms with Crippen LogP contribution in [-0.4, -0.2) is 16.2 Å². The number of anilines is 1. The fraction of sp³-hybridized carbons (Fsp3) is 0.263. The van der Waals surface area contributed by atoms with Crippen molar-refractivity contribution in [2.24, 2.45) is 0 Å². The van der Waals surface area contributed by atoms with Crippen LogP contribution in [0.15, 0.2) is 52.2 Å². The molecule has 0 aliphatic heterocycles. The highest BCUT2D eigenvalue weighted by Crippen LogP contribution is 2.23. The average molecular weight is 373 g/mol. The first-order chi connectivity index (χ1) is 12.1. The molecule has 4 nitrogen and oxygen atoms in total. The molecule has 0 spiro atoms. The summed E-state index contributed by atoms with van der Waals surface area (Å²) >= 11 is 2.89. The standard InChI is InChI=1S/C19H20N2O2S2/c1-3-21-16-9-6-14(12-17(16)25-19(21)23)20-18(22)10-11-24-15-7-4-13(2)5-8-15/h4-9,12H,3,10-11H2,1-2H3,(H,20,22). The summed E-state index contributed by atoms with van der Waals surface area (Å²) in [7, 11) is 0. The predicted octanol–water partition coefficient (Wildman–Crippen LogP) is 4.51. The predicted molar refractivity (Wildman–Crippen MR) is 107 cm³/mol. The number of aryl methyl sites for hydroxylation is 2. The average Bonchev–Trinajstić information content (AvgIpc) is 2.91. The molecule has 1 aromatic heterocycles. The van der Waals surface area contributed by atoms with Crippen LogP contribution < -0.4 is 10.2 Å². The highest BCUT2D eigenvalue weighted by molar-refractivity contribution is 7.99. The van der Waals surface area contributed by atoms with E-state index in [4.69, 9.17) is 0 Å². The lowest BCUT2D eigenvalue weighted by atomic mass is 10.2.